The second kappa shape index (κ2) is 10.6. The zero-order valence-electron chi connectivity index (χ0n) is 17.4. The van der Waals surface area contributed by atoms with Crippen LogP contribution in [-0.2, 0) is 11.2 Å². The second-order valence-electron chi connectivity index (χ2n) is 7.38. The summed E-state index contributed by atoms with van der Waals surface area (Å²) in [6, 6.07) is 4.76. The molecule has 0 fully saturated rings. The number of ether oxygens (including phenoxy) is 1. The van der Waals surface area contributed by atoms with Crippen molar-refractivity contribution in [3.05, 3.63) is 56.4 Å². The Morgan fingerprint density at radius 3 is 2.72 bits per heavy atom. The molecule has 1 unspecified atom stereocenters. The molecule has 0 saturated carbocycles. The van der Waals surface area contributed by atoms with Crippen molar-refractivity contribution in [1.82, 2.24) is 9.55 Å². The van der Waals surface area contributed by atoms with E-state index in [1.807, 2.05) is 0 Å². The summed E-state index contributed by atoms with van der Waals surface area (Å²) in [5.41, 5.74) is 0.477. The molecule has 1 atom stereocenters. The average molecular weight is 402 g/mol. The molecule has 1 aromatic heterocycles. The number of phenols is 1. The van der Waals surface area contributed by atoms with E-state index in [-0.39, 0.29) is 24.0 Å². The van der Waals surface area contributed by atoms with Gasteiger partial charge < -0.3 is 9.84 Å². The maximum atomic E-state index is 12.6. The maximum absolute atomic E-state index is 12.6. The van der Waals surface area contributed by atoms with E-state index in [9.17, 15) is 19.5 Å². The lowest BCUT2D eigenvalue weighted by Crippen LogP contribution is -2.34. The van der Waals surface area contributed by atoms with Gasteiger partial charge >= 0.3 is 5.69 Å². The summed E-state index contributed by atoms with van der Waals surface area (Å²) in [5, 5.41) is 9.68. The molecule has 7 nitrogen and oxygen atoms in total. The molecule has 0 saturated heterocycles. The Morgan fingerprint density at radius 1 is 1.28 bits per heavy atom. The zero-order chi connectivity index (χ0) is 21.4. The minimum atomic E-state index is -0.474. The van der Waals surface area contributed by atoms with Crippen LogP contribution in [0.2, 0.25) is 0 Å². The van der Waals surface area contributed by atoms with Gasteiger partial charge in [-0.25, -0.2) is 4.79 Å². The molecule has 7 heteroatoms. The number of unbranched alkanes of at least 4 members (excludes halogenated alkanes) is 2. The van der Waals surface area contributed by atoms with Crippen molar-refractivity contribution < 1.29 is 14.6 Å². The molecule has 0 radical (unpaired) electrons. The SMILES string of the molecule is CCCCCC(CC(=O)CCc1ccc(O)c(OC)c1)n1cc(C)c(=O)[nH]c1=O. The predicted octanol–water partition coefficient (Wildman–Crippen LogP) is 3.27. The Balaban J connectivity index is 2.10. The first-order valence-corrected chi connectivity index (χ1v) is 10.0. The van der Waals surface area contributed by atoms with Gasteiger partial charge in [-0.05, 0) is 37.5 Å². The highest BCUT2D eigenvalue weighted by Gasteiger charge is 2.18. The van der Waals surface area contributed by atoms with Gasteiger partial charge in [0.05, 0.1) is 7.11 Å². The summed E-state index contributed by atoms with van der Waals surface area (Å²) in [7, 11) is 1.48. The number of H-pyrrole nitrogens is 1. The third-order valence-corrected chi connectivity index (χ3v) is 5.08. The fourth-order valence-corrected chi connectivity index (χ4v) is 3.35. The van der Waals surface area contributed by atoms with E-state index in [4.69, 9.17) is 4.74 Å². The topological polar surface area (TPSA) is 101 Å². The highest BCUT2D eigenvalue weighted by molar-refractivity contribution is 5.79. The Morgan fingerprint density at radius 2 is 2.03 bits per heavy atom. The number of Topliss-reactive ketones (excluding diaryl/α,β-unsaturated/α-hetero) is 1. The minimum absolute atomic E-state index is 0.0503. The molecule has 2 rings (SSSR count). The molecule has 0 aliphatic carbocycles. The summed E-state index contributed by atoms with van der Waals surface area (Å²) >= 11 is 0. The van der Waals surface area contributed by atoms with Gasteiger partial charge in [0.2, 0.25) is 0 Å². The standard InChI is InChI=1S/C22H30N2O5/c1-4-5-6-7-17(24-14-15(2)21(27)23-22(24)28)13-18(25)10-8-16-9-11-19(26)20(12-16)29-3/h9,11-12,14,17,26H,4-8,10,13H2,1-3H3,(H,23,27,28). The van der Waals surface area contributed by atoms with Crippen LogP contribution in [0.3, 0.4) is 0 Å². The molecule has 1 aromatic carbocycles. The third kappa shape index (κ3) is 6.34. The number of carbonyl (C=O) groups excluding carboxylic acids is 1. The number of aromatic nitrogens is 2. The maximum Gasteiger partial charge on any atom is 0.328 e. The number of aromatic hydroxyl groups is 1. The average Bonchev–Trinajstić information content (AvgIpc) is 2.69. The second-order valence-corrected chi connectivity index (χ2v) is 7.38. The smallest absolute Gasteiger partial charge is 0.328 e. The molecule has 29 heavy (non-hydrogen) atoms. The number of methoxy groups -OCH3 is 1. The van der Waals surface area contributed by atoms with E-state index >= 15 is 0 Å². The first-order chi connectivity index (χ1) is 13.8. The number of carbonyl (C=O) groups is 1. The van der Waals surface area contributed by atoms with Crippen molar-refractivity contribution in [1.29, 1.82) is 0 Å². The molecule has 2 N–H and O–H groups in total. The molecule has 0 bridgehead atoms. The first kappa shape index (κ1) is 22.5. The number of hydrogen-bond donors (Lipinski definition) is 2. The number of ketones is 1. The largest absolute Gasteiger partial charge is 0.504 e. The number of aryl methyl sites for hydroxylation is 2. The van der Waals surface area contributed by atoms with Crippen LogP contribution in [0, 0.1) is 6.92 Å². The van der Waals surface area contributed by atoms with E-state index in [2.05, 4.69) is 11.9 Å². The quantitative estimate of drug-likeness (QED) is 0.562. The minimum Gasteiger partial charge on any atom is -0.504 e. The van der Waals surface area contributed by atoms with Crippen LogP contribution in [0.4, 0.5) is 0 Å². The third-order valence-electron chi connectivity index (χ3n) is 5.08. The van der Waals surface area contributed by atoms with Gasteiger partial charge in [0.25, 0.3) is 5.56 Å². The molecule has 2 aromatic rings. The molecule has 1 heterocycles. The lowest BCUT2D eigenvalue weighted by atomic mass is 9.99. The van der Waals surface area contributed by atoms with Crippen LogP contribution < -0.4 is 16.0 Å². The summed E-state index contributed by atoms with van der Waals surface area (Å²) in [4.78, 5) is 38.9. The molecular formula is C22H30N2O5. The van der Waals surface area contributed by atoms with E-state index in [1.165, 1.54) is 11.7 Å². The number of aromatic amines is 1. The van der Waals surface area contributed by atoms with Crippen molar-refractivity contribution in [2.24, 2.45) is 0 Å². The number of rotatable bonds is 11. The Kier molecular flexibility index (Phi) is 8.24. The highest BCUT2D eigenvalue weighted by atomic mass is 16.5. The molecular weight excluding hydrogens is 372 g/mol. The van der Waals surface area contributed by atoms with Crippen LogP contribution in [0.15, 0.2) is 34.0 Å². The van der Waals surface area contributed by atoms with Gasteiger partial charge in [0.1, 0.15) is 5.78 Å². The monoisotopic (exact) mass is 402 g/mol. The van der Waals surface area contributed by atoms with Crippen molar-refractivity contribution in [3.63, 3.8) is 0 Å². The van der Waals surface area contributed by atoms with E-state index in [0.717, 1.165) is 24.8 Å². The summed E-state index contributed by atoms with van der Waals surface area (Å²) < 4.78 is 6.60. The Hall–Kier alpha value is -2.83. The molecule has 158 valence electrons. The summed E-state index contributed by atoms with van der Waals surface area (Å²) in [6.45, 7) is 3.75. The Bertz CT molecular complexity index is 945. The van der Waals surface area contributed by atoms with E-state index in [0.29, 0.717) is 30.6 Å². The van der Waals surface area contributed by atoms with Gasteiger partial charge in [-0.1, -0.05) is 32.3 Å². The number of phenolic OH excluding ortho intramolecular Hbond substituents is 1. The molecule has 0 spiro atoms. The van der Waals surface area contributed by atoms with Crippen LogP contribution in [0.5, 0.6) is 11.5 Å². The number of nitrogens with zero attached hydrogens (tertiary/aromatic N) is 1. The lowest BCUT2D eigenvalue weighted by Gasteiger charge is -2.19. The van der Waals surface area contributed by atoms with E-state index < -0.39 is 11.2 Å². The lowest BCUT2D eigenvalue weighted by molar-refractivity contribution is -0.119. The predicted molar refractivity (Wildman–Crippen MR) is 112 cm³/mol. The highest BCUT2D eigenvalue weighted by Crippen LogP contribution is 2.27. The first-order valence-electron chi connectivity index (χ1n) is 10.0. The van der Waals surface area contributed by atoms with Crippen LogP contribution in [0.25, 0.3) is 0 Å². The Labute approximate surface area is 170 Å². The molecule has 0 amide bonds. The fourth-order valence-electron chi connectivity index (χ4n) is 3.35. The van der Waals surface area contributed by atoms with Crippen molar-refractivity contribution in [3.8, 4) is 11.5 Å². The van der Waals surface area contributed by atoms with Gasteiger partial charge in [0, 0.05) is 30.6 Å². The molecule has 0 aliphatic heterocycles. The van der Waals surface area contributed by atoms with Crippen LogP contribution in [-0.4, -0.2) is 27.6 Å². The fraction of sp³-hybridized carbons (Fsp3) is 0.500. The van der Waals surface area contributed by atoms with E-state index in [1.54, 1.807) is 31.3 Å². The zero-order valence-corrected chi connectivity index (χ0v) is 17.4. The van der Waals surface area contributed by atoms with Crippen molar-refractivity contribution in [2.45, 2.75) is 64.8 Å². The number of benzene rings is 1. The van der Waals surface area contributed by atoms with Crippen molar-refractivity contribution >= 4 is 5.78 Å². The number of nitrogens with one attached hydrogen (secondary N) is 1. The van der Waals surface area contributed by atoms with Crippen LogP contribution >= 0.6 is 0 Å². The summed E-state index contributed by atoms with van der Waals surface area (Å²) in [6.07, 6.45) is 6.33. The number of hydrogen-bond acceptors (Lipinski definition) is 5. The normalized spacial score (nSPS) is 12.0. The van der Waals surface area contributed by atoms with Crippen LogP contribution in [0.1, 0.15) is 62.6 Å². The molecule has 0 aliphatic rings. The van der Waals surface area contributed by atoms with Gasteiger partial charge in [-0.15, -0.1) is 0 Å². The van der Waals surface area contributed by atoms with Crippen molar-refractivity contribution in [2.75, 3.05) is 7.11 Å². The summed E-state index contributed by atoms with van der Waals surface area (Å²) in [5.74, 6) is 0.489. The van der Waals surface area contributed by atoms with Gasteiger partial charge in [-0.2, -0.15) is 0 Å². The van der Waals surface area contributed by atoms with Gasteiger partial charge in [0.15, 0.2) is 11.5 Å². The van der Waals surface area contributed by atoms with Gasteiger partial charge in [-0.3, -0.25) is 19.1 Å².